The Morgan fingerprint density at radius 2 is 1.53 bits per heavy atom. The molecule has 34 heavy (non-hydrogen) atoms. The lowest BCUT2D eigenvalue weighted by Crippen LogP contribution is -2.57. The topological polar surface area (TPSA) is 73.0 Å². The molecule has 2 aromatic rings. The van der Waals surface area contributed by atoms with Crippen LogP contribution in [0.25, 0.3) is 10.8 Å². The van der Waals surface area contributed by atoms with Crippen molar-refractivity contribution < 1.29 is 14.4 Å². The van der Waals surface area contributed by atoms with Gasteiger partial charge in [0.05, 0.1) is 13.0 Å². The van der Waals surface area contributed by atoms with Gasteiger partial charge in [0, 0.05) is 39.3 Å². The van der Waals surface area contributed by atoms with Gasteiger partial charge in [-0.1, -0.05) is 56.3 Å². The highest BCUT2D eigenvalue weighted by atomic mass is 16.2. The summed E-state index contributed by atoms with van der Waals surface area (Å²) in [6, 6.07) is 13.4. The van der Waals surface area contributed by atoms with Gasteiger partial charge >= 0.3 is 0 Å². The fraction of sp³-hybridized carbons (Fsp3) is 0.519. The van der Waals surface area contributed by atoms with E-state index in [9.17, 15) is 14.4 Å². The van der Waals surface area contributed by atoms with Gasteiger partial charge in [-0.2, -0.15) is 0 Å². The van der Waals surface area contributed by atoms with Crippen molar-refractivity contribution in [3.63, 3.8) is 0 Å². The smallest absolute Gasteiger partial charge is 0.245 e. The number of carbonyl (C=O) groups is 3. The molecule has 0 aliphatic carbocycles. The van der Waals surface area contributed by atoms with Crippen molar-refractivity contribution in [3.8, 4) is 0 Å². The average molecular weight is 465 g/mol. The van der Waals surface area contributed by atoms with E-state index in [4.69, 9.17) is 0 Å². The molecule has 182 valence electrons. The second-order valence-electron chi connectivity index (χ2n) is 9.79. The summed E-state index contributed by atoms with van der Waals surface area (Å²) in [7, 11) is 0. The molecular weight excluding hydrogens is 428 g/mol. The number of likely N-dealkylation sites (tertiary alicyclic amines) is 1. The van der Waals surface area contributed by atoms with Crippen molar-refractivity contribution in [2.24, 2.45) is 5.92 Å². The van der Waals surface area contributed by atoms with Crippen molar-refractivity contribution in [1.29, 1.82) is 0 Å². The average Bonchev–Trinajstić information content (AvgIpc) is 3.38. The highest BCUT2D eigenvalue weighted by molar-refractivity contribution is 5.92. The molecule has 1 N–H and O–H groups in total. The molecule has 2 aliphatic rings. The van der Waals surface area contributed by atoms with E-state index in [1.54, 1.807) is 0 Å². The molecular formula is C27H36N4O3. The number of hydrogen-bond donors (Lipinski definition) is 1. The summed E-state index contributed by atoms with van der Waals surface area (Å²) in [5.74, 6) is 0.00168. The number of rotatable bonds is 7. The molecule has 2 heterocycles. The number of nitrogens with one attached hydrogen (secondary N) is 1. The highest BCUT2D eigenvalue weighted by Crippen LogP contribution is 2.19. The summed E-state index contributed by atoms with van der Waals surface area (Å²) in [5.41, 5.74) is 0.960. The maximum absolute atomic E-state index is 13.3. The first-order valence-corrected chi connectivity index (χ1v) is 12.5. The number of benzene rings is 2. The summed E-state index contributed by atoms with van der Waals surface area (Å²) in [6.45, 7) is 8.61. The second-order valence-corrected chi connectivity index (χ2v) is 9.79. The molecule has 2 aliphatic heterocycles. The number of hydrogen-bond acceptors (Lipinski definition) is 4. The second kappa shape index (κ2) is 11.0. The number of nitrogens with zero attached hydrogens (tertiary/aromatic N) is 3. The Morgan fingerprint density at radius 3 is 2.24 bits per heavy atom. The van der Waals surface area contributed by atoms with Crippen molar-refractivity contribution in [2.45, 2.75) is 39.2 Å². The molecule has 1 unspecified atom stereocenters. The normalized spacial score (nSPS) is 17.9. The van der Waals surface area contributed by atoms with Crippen LogP contribution in [-0.4, -0.2) is 84.3 Å². The van der Waals surface area contributed by atoms with Crippen LogP contribution in [0.2, 0.25) is 0 Å². The van der Waals surface area contributed by atoms with Gasteiger partial charge in [-0.05, 0) is 35.1 Å². The minimum absolute atomic E-state index is 0.0151. The lowest BCUT2D eigenvalue weighted by Gasteiger charge is -2.37. The molecule has 0 radical (unpaired) electrons. The Hall–Kier alpha value is -2.93. The molecule has 0 bridgehead atoms. The van der Waals surface area contributed by atoms with Crippen LogP contribution in [0.5, 0.6) is 0 Å². The number of piperazine rings is 1. The van der Waals surface area contributed by atoms with Crippen molar-refractivity contribution in [3.05, 3.63) is 48.0 Å². The summed E-state index contributed by atoms with van der Waals surface area (Å²) in [5, 5.41) is 5.17. The molecule has 0 spiro atoms. The lowest BCUT2D eigenvalue weighted by molar-refractivity contribution is -0.139. The fourth-order valence-corrected chi connectivity index (χ4v) is 4.94. The minimum atomic E-state index is -0.555. The molecule has 0 saturated carbocycles. The third kappa shape index (κ3) is 5.76. The monoisotopic (exact) mass is 464 g/mol. The van der Waals surface area contributed by atoms with Gasteiger partial charge in [0.2, 0.25) is 17.7 Å². The number of fused-ring (bicyclic) bond motifs is 1. The van der Waals surface area contributed by atoms with Crippen LogP contribution in [0, 0.1) is 5.92 Å². The highest BCUT2D eigenvalue weighted by Gasteiger charge is 2.31. The summed E-state index contributed by atoms with van der Waals surface area (Å²) < 4.78 is 0. The SMILES string of the molecule is CC(C)C(NC(=O)Cc1cccc2ccccc12)C(=O)N1CCN(CC(=O)N2CCCC2)CC1. The Kier molecular flexibility index (Phi) is 7.83. The van der Waals surface area contributed by atoms with Crippen LogP contribution in [0.1, 0.15) is 32.3 Å². The van der Waals surface area contributed by atoms with E-state index in [0.29, 0.717) is 32.7 Å². The van der Waals surface area contributed by atoms with Gasteiger partial charge < -0.3 is 15.1 Å². The van der Waals surface area contributed by atoms with E-state index >= 15 is 0 Å². The first kappa shape index (κ1) is 24.2. The number of carbonyl (C=O) groups excluding carboxylic acids is 3. The van der Waals surface area contributed by atoms with Crippen molar-refractivity contribution >= 4 is 28.5 Å². The first-order chi connectivity index (χ1) is 16.4. The Labute approximate surface area is 202 Å². The van der Waals surface area contributed by atoms with Gasteiger partial charge in [-0.25, -0.2) is 0 Å². The van der Waals surface area contributed by atoms with Gasteiger partial charge in [-0.3, -0.25) is 19.3 Å². The maximum atomic E-state index is 13.3. The fourth-order valence-electron chi connectivity index (χ4n) is 4.94. The summed E-state index contributed by atoms with van der Waals surface area (Å²) in [6.07, 6.45) is 2.43. The summed E-state index contributed by atoms with van der Waals surface area (Å²) in [4.78, 5) is 44.6. The van der Waals surface area contributed by atoms with Crippen LogP contribution >= 0.6 is 0 Å². The predicted octanol–water partition coefficient (Wildman–Crippen LogP) is 2.29. The van der Waals surface area contributed by atoms with Crippen molar-refractivity contribution in [2.75, 3.05) is 45.8 Å². The van der Waals surface area contributed by atoms with Crippen LogP contribution in [0.15, 0.2) is 42.5 Å². The molecule has 2 aromatic carbocycles. The van der Waals surface area contributed by atoms with Crippen LogP contribution in [0.4, 0.5) is 0 Å². The Bertz CT molecular complexity index is 1020. The zero-order chi connectivity index (χ0) is 24.1. The van der Waals surface area contributed by atoms with Gasteiger partial charge in [0.25, 0.3) is 0 Å². The summed E-state index contributed by atoms with van der Waals surface area (Å²) >= 11 is 0. The molecule has 2 fully saturated rings. The molecule has 3 amide bonds. The zero-order valence-corrected chi connectivity index (χ0v) is 20.3. The van der Waals surface area contributed by atoms with E-state index in [-0.39, 0.29) is 30.1 Å². The molecule has 4 rings (SSSR count). The molecule has 7 heteroatoms. The van der Waals surface area contributed by atoms with E-state index in [2.05, 4.69) is 10.2 Å². The Morgan fingerprint density at radius 1 is 0.853 bits per heavy atom. The third-order valence-corrected chi connectivity index (χ3v) is 6.98. The van der Waals surface area contributed by atoms with Gasteiger partial charge in [0.1, 0.15) is 6.04 Å². The number of amides is 3. The minimum Gasteiger partial charge on any atom is -0.344 e. The van der Waals surface area contributed by atoms with Crippen molar-refractivity contribution in [1.82, 2.24) is 20.0 Å². The third-order valence-electron chi connectivity index (χ3n) is 6.98. The molecule has 1 atom stereocenters. The maximum Gasteiger partial charge on any atom is 0.245 e. The zero-order valence-electron chi connectivity index (χ0n) is 20.3. The van der Waals surface area contributed by atoms with Crippen LogP contribution in [0.3, 0.4) is 0 Å². The van der Waals surface area contributed by atoms with E-state index in [0.717, 1.165) is 42.3 Å². The van der Waals surface area contributed by atoms with E-state index in [1.807, 2.05) is 66.1 Å². The van der Waals surface area contributed by atoms with Gasteiger partial charge in [-0.15, -0.1) is 0 Å². The quantitative estimate of drug-likeness (QED) is 0.683. The largest absolute Gasteiger partial charge is 0.344 e. The van der Waals surface area contributed by atoms with Crippen LogP contribution in [-0.2, 0) is 20.8 Å². The van der Waals surface area contributed by atoms with E-state index in [1.165, 1.54) is 0 Å². The molecule has 2 saturated heterocycles. The standard InChI is InChI=1S/C27H36N4O3/c1-20(2)26(28-24(32)18-22-10-7-9-21-8-3-4-11-23(21)22)27(34)31-16-14-29(15-17-31)19-25(33)30-12-5-6-13-30/h3-4,7-11,20,26H,5-6,12-19H2,1-2H3,(H,28,32). The van der Waals surface area contributed by atoms with Gasteiger partial charge in [0.15, 0.2) is 0 Å². The first-order valence-electron chi connectivity index (χ1n) is 12.5. The van der Waals surface area contributed by atoms with Crippen LogP contribution < -0.4 is 5.32 Å². The van der Waals surface area contributed by atoms with E-state index < -0.39 is 6.04 Å². The predicted molar refractivity (Wildman–Crippen MR) is 133 cm³/mol. The molecule has 0 aromatic heterocycles. The molecule has 7 nitrogen and oxygen atoms in total. The Balaban J connectivity index is 1.32. The lowest BCUT2D eigenvalue weighted by atomic mass is 9.99.